The molecule has 0 saturated carbocycles. The van der Waals surface area contributed by atoms with Crippen LogP contribution >= 0.6 is 0 Å². The molecule has 1 atom stereocenters. The Labute approximate surface area is 80.2 Å². The van der Waals surface area contributed by atoms with Crippen LogP contribution in [-0.2, 0) is 4.74 Å². The lowest BCUT2D eigenvalue weighted by Crippen LogP contribution is -2.49. The third kappa shape index (κ3) is 2.42. The Balaban J connectivity index is 1.57. The summed E-state index contributed by atoms with van der Waals surface area (Å²) >= 11 is 0. The smallest absolute Gasteiger partial charge is 0.0554 e. The zero-order chi connectivity index (χ0) is 9.15. The average molecular weight is 184 g/mol. The summed E-state index contributed by atoms with van der Waals surface area (Å²) in [4.78, 5) is 0. The summed E-state index contributed by atoms with van der Waals surface area (Å²) in [5.41, 5.74) is 0.415. The third-order valence-electron chi connectivity index (χ3n) is 3.01. The second-order valence-electron chi connectivity index (χ2n) is 4.73. The van der Waals surface area contributed by atoms with Crippen LogP contribution in [0.1, 0.15) is 19.8 Å². The molecule has 2 heterocycles. The Morgan fingerprint density at radius 1 is 1.54 bits per heavy atom. The van der Waals surface area contributed by atoms with E-state index >= 15 is 0 Å². The van der Waals surface area contributed by atoms with Crippen molar-refractivity contribution in [2.24, 2.45) is 5.41 Å². The summed E-state index contributed by atoms with van der Waals surface area (Å²) in [5.74, 6) is 0. The molecule has 2 saturated heterocycles. The fraction of sp³-hybridized carbons (Fsp3) is 1.00. The highest BCUT2D eigenvalue weighted by atomic mass is 16.5. The first-order chi connectivity index (χ1) is 6.29. The standard InChI is InChI=1S/C10H20N2O/c1-10(7-13-8-10)6-11-5-9-3-2-4-12-9/h9,11-12H,2-8H2,1H3. The molecule has 0 spiro atoms. The Morgan fingerprint density at radius 3 is 2.92 bits per heavy atom. The van der Waals surface area contributed by atoms with E-state index in [1.807, 2.05) is 0 Å². The fourth-order valence-corrected chi connectivity index (χ4v) is 2.03. The van der Waals surface area contributed by atoms with Gasteiger partial charge >= 0.3 is 0 Å². The van der Waals surface area contributed by atoms with Crippen LogP contribution in [0, 0.1) is 5.41 Å². The summed E-state index contributed by atoms with van der Waals surface area (Å²) < 4.78 is 5.20. The molecular formula is C10H20N2O. The van der Waals surface area contributed by atoms with Gasteiger partial charge in [-0.25, -0.2) is 0 Å². The van der Waals surface area contributed by atoms with Crippen LogP contribution in [-0.4, -0.2) is 38.9 Å². The SMILES string of the molecule is CC1(CNCC2CCCN2)COC1. The topological polar surface area (TPSA) is 33.3 Å². The van der Waals surface area contributed by atoms with Crippen molar-refractivity contribution in [1.29, 1.82) is 0 Å². The van der Waals surface area contributed by atoms with Crippen LogP contribution < -0.4 is 10.6 Å². The van der Waals surface area contributed by atoms with E-state index in [-0.39, 0.29) is 0 Å². The molecule has 2 aliphatic rings. The molecule has 0 aromatic rings. The quantitative estimate of drug-likeness (QED) is 0.662. The largest absolute Gasteiger partial charge is 0.380 e. The normalized spacial score (nSPS) is 31.6. The van der Waals surface area contributed by atoms with E-state index in [1.165, 1.54) is 19.4 Å². The van der Waals surface area contributed by atoms with Gasteiger partial charge < -0.3 is 15.4 Å². The fourth-order valence-electron chi connectivity index (χ4n) is 2.03. The first-order valence-corrected chi connectivity index (χ1v) is 5.30. The van der Waals surface area contributed by atoms with Gasteiger partial charge in [0.2, 0.25) is 0 Å². The number of ether oxygens (including phenoxy) is 1. The Hall–Kier alpha value is -0.120. The van der Waals surface area contributed by atoms with E-state index in [9.17, 15) is 0 Å². The van der Waals surface area contributed by atoms with Gasteiger partial charge in [-0.15, -0.1) is 0 Å². The van der Waals surface area contributed by atoms with Crippen LogP contribution in [0.15, 0.2) is 0 Å². The molecule has 0 radical (unpaired) electrons. The van der Waals surface area contributed by atoms with E-state index in [0.29, 0.717) is 11.5 Å². The highest BCUT2D eigenvalue weighted by Gasteiger charge is 2.32. The van der Waals surface area contributed by atoms with Crippen molar-refractivity contribution in [1.82, 2.24) is 10.6 Å². The highest BCUT2D eigenvalue weighted by Crippen LogP contribution is 2.24. The lowest BCUT2D eigenvalue weighted by atomic mass is 9.89. The van der Waals surface area contributed by atoms with Gasteiger partial charge in [-0.1, -0.05) is 6.92 Å². The van der Waals surface area contributed by atoms with Crippen LogP contribution in [0.4, 0.5) is 0 Å². The minimum Gasteiger partial charge on any atom is -0.380 e. The zero-order valence-corrected chi connectivity index (χ0v) is 8.44. The van der Waals surface area contributed by atoms with Crippen LogP contribution in [0.5, 0.6) is 0 Å². The number of nitrogens with one attached hydrogen (secondary N) is 2. The first kappa shape index (κ1) is 9.44. The molecule has 3 nitrogen and oxygen atoms in total. The third-order valence-corrected chi connectivity index (χ3v) is 3.01. The van der Waals surface area contributed by atoms with Crippen molar-refractivity contribution >= 4 is 0 Å². The van der Waals surface area contributed by atoms with Gasteiger partial charge in [-0.05, 0) is 19.4 Å². The maximum atomic E-state index is 5.20. The van der Waals surface area contributed by atoms with Gasteiger partial charge in [0.15, 0.2) is 0 Å². The van der Waals surface area contributed by atoms with E-state index in [1.54, 1.807) is 0 Å². The molecule has 0 amide bonds. The molecule has 2 N–H and O–H groups in total. The summed E-state index contributed by atoms with van der Waals surface area (Å²) in [5, 5.41) is 7.01. The minimum absolute atomic E-state index is 0.415. The minimum atomic E-state index is 0.415. The van der Waals surface area contributed by atoms with Crippen molar-refractivity contribution in [3.05, 3.63) is 0 Å². The monoisotopic (exact) mass is 184 g/mol. The van der Waals surface area contributed by atoms with Gasteiger partial charge in [0, 0.05) is 24.5 Å². The predicted octanol–water partition coefficient (Wildman–Crippen LogP) is 0.365. The zero-order valence-electron chi connectivity index (χ0n) is 8.44. The van der Waals surface area contributed by atoms with Crippen molar-refractivity contribution in [3.8, 4) is 0 Å². The molecule has 3 heteroatoms. The summed E-state index contributed by atoms with van der Waals surface area (Å²) in [6.07, 6.45) is 2.67. The number of hydrogen-bond donors (Lipinski definition) is 2. The average Bonchev–Trinajstić information content (AvgIpc) is 2.54. The van der Waals surface area contributed by atoms with Crippen molar-refractivity contribution in [2.75, 3.05) is 32.8 Å². The second kappa shape index (κ2) is 3.95. The summed E-state index contributed by atoms with van der Waals surface area (Å²) in [7, 11) is 0. The van der Waals surface area contributed by atoms with E-state index in [4.69, 9.17) is 4.74 Å². The second-order valence-corrected chi connectivity index (χ2v) is 4.73. The van der Waals surface area contributed by atoms with Gasteiger partial charge in [0.25, 0.3) is 0 Å². The van der Waals surface area contributed by atoms with Crippen LogP contribution in [0.25, 0.3) is 0 Å². The van der Waals surface area contributed by atoms with Gasteiger partial charge in [-0.3, -0.25) is 0 Å². The lowest BCUT2D eigenvalue weighted by Gasteiger charge is -2.38. The van der Waals surface area contributed by atoms with Crippen molar-refractivity contribution in [2.45, 2.75) is 25.8 Å². The lowest BCUT2D eigenvalue weighted by molar-refractivity contribution is -0.0990. The Kier molecular flexibility index (Phi) is 2.86. The van der Waals surface area contributed by atoms with Gasteiger partial charge in [0.05, 0.1) is 13.2 Å². The molecular weight excluding hydrogens is 164 g/mol. The molecule has 0 bridgehead atoms. The molecule has 2 fully saturated rings. The molecule has 2 aliphatic heterocycles. The maximum absolute atomic E-state index is 5.20. The van der Waals surface area contributed by atoms with Crippen molar-refractivity contribution in [3.63, 3.8) is 0 Å². The molecule has 0 aliphatic carbocycles. The van der Waals surface area contributed by atoms with Crippen LogP contribution in [0.3, 0.4) is 0 Å². The Morgan fingerprint density at radius 2 is 2.38 bits per heavy atom. The molecule has 2 rings (SSSR count). The molecule has 13 heavy (non-hydrogen) atoms. The Bertz CT molecular complexity index is 162. The molecule has 0 aromatic heterocycles. The molecule has 0 aromatic carbocycles. The van der Waals surface area contributed by atoms with Gasteiger partial charge in [-0.2, -0.15) is 0 Å². The van der Waals surface area contributed by atoms with Crippen LogP contribution in [0.2, 0.25) is 0 Å². The predicted molar refractivity (Wildman–Crippen MR) is 52.8 cm³/mol. The molecule has 76 valence electrons. The number of hydrogen-bond acceptors (Lipinski definition) is 3. The first-order valence-electron chi connectivity index (χ1n) is 5.30. The summed E-state index contributed by atoms with van der Waals surface area (Å²) in [6, 6.07) is 0.713. The maximum Gasteiger partial charge on any atom is 0.0554 e. The van der Waals surface area contributed by atoms with Gasteiger partial charge in [0.1, 0.15) is 0 Å². The highest BCUT2D eigenvalue weighted by molar-refractivity contribution is 4.84. The number of rotatable bonds is 4. The van der Waals surface area contributed by atoms with E-state index in [0.717, 1.165) is 26.3 Å². The summed E-state index contributed by atoms with van der Waals surface area (Å²) in [6.45, 7) is 7.56. The van der Waals surface area contributed by atoms with E-state index < -0.39 is 0 Å². The molecule has 1 unspecified atom stereocenters. The van der Waals surface area contributed by atoms with Crippen molar-refractivity contribution < 1.29 is 4.74 Å². The van der Waals surface area contributed by atoms with E-state index in [2.05, 4.69) is 17.6 Å².